The fourth-order valence-electron chi connectivity index (χ4n) is 2.62. The molecule has 0 fully saturated rings. The predicted octanol–water partition coefficient (Wildman–Crippen LogP) is 4.99. The fraction of sp³-hybridized carbons (Fsp3) is 0.0476. The minimum atomic E-state index is -4.12. The Morgan fingerprint density at radius 3 is 2.26 bits per heavy atom. The molecule has 0 saturated carbocycles. The number of nitrogens with zero attached hydrogens (tertiary/aromatic N) is 2. The molecule has 3 aromatic carbocycles. The van der Waals surface area contributed by atoms with Gasteiger partial charge < -0.3 is 0 Å². The van der Waals surface area contributed by atoms with E-state index < -0.39 is 22.5 Å². The predicted molar refractivity (Wildman–Crippen MR) is 125 cm³/mol. The van der Waals surface area contributed by atoms with Crippen LogP contribution in [-0.2, 0) is 14.8 Å². The Bertz CT molecular complexity index is 1220. The van der Waals surface area contributed by atoms with Crippen molar-refractivity contribution in [2.45, 2.75) is 4.90 Å². The highest BCUT2D eigenvalue weighted by Crippen LogP contribution is 2.35. The number of sulfonamides is 1. The number of benzene rings is 3. The summed E-state index contributed by atoms with van der Waals surface area (Å²) in [5.41, 5.74) is 2.97. The Hall–Kier alpha value is -2.58. The van der Waals surface area contributed by atoms with Crippen molar-refractivity contribution in [1.82, 2.24) is 5.43 Å². The lowest BCUT2D eigenvalue weighted by molar-refractivity contribution is -0.119. The van der Waals surface area contributed by atoms with Gasteiger partial charge in [0.25, 0.3) is 15.9 Å². The summed E-state index contributed by atoms with van der Waals surface area (Å²) in [6, 6.07) is 19.2. The van der Waals surface area contributed by atoms with Crippen LogP contribution in [-0.4, -0.2) is 27.1 Å². The third kappa shape index (κ3) is 5.57. The third-order valence-electron chi connectivity index (χ3n) is 4.12. The van der Waals surface area contributed by atoms with Gasteiger partial charge in [0, 0.05) is 10.6 Å². The van der Waals surface area contributed by atoms with Crippen LogP contribution >= 0.6 is 34.8 Å². The first-order valence-corrected chi connectivity index (χ1v) is 11.5. The Balaban J connectivity index is 1.89. The maximum absolute atomic E-state index is 13.3. The zero-order chi connectivity index (χ0) is 22.4. The summed E-state index contributed by atoms with van der Waals surface area (Å²) < 4.78 is 27.4. The van der Waals surface area contributed by atoms with Gasteiger partial charge in [-0.25, -0.2) is 13.8 Å². The van der Waals surface area contributed by atoms with Crippen molar-refractivity contribution in [2.24, 2.45) is 5.10 Å². The lowest BCUT2D eigenvalue weighted by atomic mass is 10.2. The fourth-order valence-corrected chi connectivity index (χ4v) is 4.71. The Morgan fingerprint density at radius 2 is 1.55 bits per heavy atom. The van der Waals surface area contributed by atoms with E-state index in [4.69, 9.17) is 34.8 Å². The van der Waals surface area contributed by atoms with Gasteiger partial charge in [-0.15, -0.1) is 0 Å². The molecule has 0 unspecified atom stereocenters. The third-order valence-corrected chi connectivity index (χ3v) is 7.04. The number of carbonyl (C=O) groups excluding carboxylic acids is 1. The van der Waals surface area contributed by atoms with Crippen molar-refractivity contribution in [2.75, 3.05) is 10.8 Å². The molecule has 0 bridgehead atoms. The first-order valence-electron chi connectivity index (χ1n) is 8.89. The largest absolute Gasteiger partial charge is 0.271 e. The second-order valence-electron chi connectivity index (χ2n) is 6.21. The van der Waals surface area contributed by atoms with E-state index >= 15 is 0 Å². The van der Waals surface area contributed by atoms with Crippen LogP contribution < -0.4 is 9.73 Å². The molecule has 0 heterocycles. The summed E-state index contributed by atoms with van der Waals surface area (Å²) in [5.74, 6) is -0.682. The van der Waals surface area contributed by atoms with E-state index in [0.29, 0.717) is 10.6 Å². The van der Waals surface area contributed by atoms with Crippen molar-refractivity contribution in [1.29, 1.82) is 0 Å². The smallest absolute Gasteiger partial charge is 0.264 e. The molecule has 0 aliphatic carbocycles. The van der Waals surface area contributed by atoms with Gasteiger partial charge in [-0.05, 0) is 30.3 Å². The van der Waals surface area contributed by atoms with Gasteiger partial charge in [0.2, 0.25) is 0 Å². The molecule has 0 spiro atoms. The van der Waals surface area contributed by atoms with E-state index in [0.717, 1.165) is 4.31 Å². The number of hydrogen-bond donors (Lipinski definition) is 1. The number of anilines is 1. The Kier molecular flexibility index (Phi) is 7.56. The first-order chi connectivity index (χ1) is 14.8. The van der Waals surface area contributed by atoms with Crippen LogP contribution in [0.25, 0.3) is 0 Å². The molecule has 1 amide bonds. The van der Waals surface area contributed by atoms with E-state index in [2.05, 4.69) is 10.5 Å². The monoisotopic (exact) mass is 495 g/mol. The van der Waals surface area contributed by atoms with Gasteiger partial charge >= 0.3 is 0 Å². The molecular weight excluding hydrogens is 481 g/mol. The SMILES string of the molecule is O=C(CN(c1cccc(Cl)c1Cl)S(=O)(=O)c1ccccc1)N/N=C/c1ccccc1Cl. The zero-order valence-electron chi connectivity index (χ0n) is 15.9. The number of halogens is 3. The van der Waals surface area contributed by atoms with Gasteiger partial charge in [-0.1, -0.05) is 77.3 Å². The quantitative estimate of drug-likeness (QED) is 0.370. The zero-order valence-corrected chi connectivity index (χ0v) is 19.0. The normalized spacial score (nSPS) is 11.5. The second-order valence-corrected chi connectivity index (χ2v) is 9.27. The molecule has 0 aliphatic heterocycles. The van der Waals surface area contributed by atoms with Crippen LogP contribution in [0.3, 0.4) is 0 Å². The van der Waals surface area contributed by atoms with Crippen molar-refractivity contribution in [3.8, 4) is 0 Å². The highest BCUT2D eigenvalue weighted by Gasteiger charge is 2.29. The highest BCUT2D eigenvalue weighted by atomic mass is 35.5. The molecule has 0 atom stereocenters. The summed E-state index contributed by atoms with van der Waals surface area (Å²) in [6.45, 7) is -0.572. The van der Waals surface area contributed by atoms with E-state index in [1.54, 1.807) is 48.5 Å². The number of hydrazone groups is 1. The van der Waals surface area contributed by atoms with Crippen LogP contribution in [0, 0.1) is 0 Å². The van der Waals surface area contributed by atoms with Gasteiger partial charge in [0.15, 0.2) is 0 Å². The topological polar surface area (TPSA) is 78.8 Å². The van der Waals surface area contributed by atoms with E-state index in [9.17, 15) is 13.2 Å². The minimum absolute atomic E-state index is 0.00147. The standard InChI is InChI=1S/C21H16Cl3N3O3S/c22-17-10-5-4-7-15(17)13-25-26-20(28)14-27(19-12-6-11-18(23)21(19)24)31(29,30)16-8-2-1-3-9-16/h1-13H,14H2,(H,26,28)/b25-13+. The maximum atomic E-state index is 13.3. The number of rotatable bonds is 7. The summed E-state index contributed by atoms with van der Waals surface area (Å²) in [4.78, 5) is 12.5. The Morgan fingerprint density at radius 1 is 0.903 bits per heavy atom. The molecule has 0 aliphatic rings. The van der Waals surface area contributed by atoms with Gasteiger partial charge in [-0.2, -0.15) is 5.10 Å². The molecule has 31 heavy (non-hydrogen) atoms. The minimum Gasteiger partial charge on any atom is -0.271 e. The van der Waals surface area contributed by atoms with Gasteiger partial charge in [-0.3, -0.25) is 9.10 Å². The summed E-state index contributed by atoms with van der Waals surface area (Å²) in [7, 11) is -4.12. The van der Waals surface area contributed by atoms with Crippen molar-refractivity contribution < 1.29 is 13.2 Å². The Labute approximate surface area is 195 Å². The van der Waals surface area contributed by atoms with E-state index in [1.807, 2.05) is 0 Å². The number of nitrogens with one attached hydrogen (secondary N) is 1. The average Bonchev–Trinajstić information content (AvgIpc) is 2.76. The molecule has 0 saturated heterocycles. The number of carbonyl (C=O) groups is 1. The van der Waals surface area contributed by atoms with Gasteiger partial charge in [0.1, 0.15) is 6.54 Å². The first kappa shape index (κ1) is 23.1. The highest BCUT2D eigenvalue weighted by molar-refractivity contribution is 7.92. The van der Waals surface area contributed by atoms with Gasteiger partial charge in [0.05, 0.1) is 26.8 Å². The van der Waals surface area contributed by atoms with Crippen molar-refractivity contribution in [3.63, 3.8) is 0 Å². The number of hydrogen-bond acceptors (Lipinski definition) is 4. The summed E-state index contributed by atoms with van der Waals surface area (Å²) >= 11 is 18.4. The van der Waals surface area contributed by atoms with Crippen LogP contribution in [0.2, 0.25) is 15.1 Å². The van der Waals surface area contributed by atoms with E-state index in [-0.39, 0.29) is 20.6 Å². The average molecular weight is 497 g/mol. The van der Waals surface area contributed by atoms with Crippen molar-refractivity contribution >= 4 is 62.6 Å². The molecule has 3 rings (SSSR count). The van der Waals surface area contributed by atoms with Crippen LogP contribution in [0.5, 0.6) is 0 Å². The summed E-state index contributed by atoms with van der Waals surface area (Å²) in [6.07, 6.45) is 1.36. The molecule has 1 N–H and O–H groups in total. The van der Waals surface area contributed by atoms with Crippen LogP contribution in [0.15, 0.2) is 82.8 Å². The molecular formula is C21H16Cl3N3O3S. The second kappa shape index (κ2) is 10.2. The summed E-state index contributed by atoms with van der Waals surface area (Å²) in [5, 5.41) is 4.48. The molecule has 0 aromatic heterocycles. The van der Waals surface area contributed by atoms with Crippen LogP contribution in [0.1, 0.15) is 5.56 Å². The number of amides is 1. The maximum Gasteiger partial charge on any atom is 0.264 e. The van der Waals surface area contributed by atoms with Crippen LogP contribution in [0.4, 0.5) is 5.69 Å². The lowest BCUT2D eigenvalue weighted by Gasteiger charge is -2.24. The molecule has 3 aromatic rings. The molecule has 0 radical (unpaired) electrons. The van der Waals surface area contributed by atoms with E-state index in [1.165, 1.54) is 30.5 Å². The molecule has 6 nitrogen and oxygen atoms in total. The lowest BCUT2D eigenvalue weighted by Crippen LogP contribution is -2.39. The molecule has 10 heteroatoms. The van der Waals surface area contributed by atoms with Crippen molar-refractivity contribution in [3.05, 3.63) is 93.4 Å². The molecule has 160 valence electrons.